The Balaban J connectivity index is 2.37. The Labute approximate surface area is 108 Å². The molecule has 88 valence electrons. The van der Waals surface area contributed by atoms with Gasteiger partial charge in [0.1, 0.15) is 18.0 Å². The van der Waals surface area contributed by atoms with Gasteiger partial charge in [0.2, 0.25) is 0 Å². The maximum atomic E-state index is 13.3. The van der Waals surface area contributed by atoms with E-state index in [0.717, 1.165) is 6.07 Å². The van der Waals surface area contributed by atoms with Crippen LogP contribution in [0.5, 0.6) is 0 Å². The van der Waals surface area contributed by atoms with Gasteiger partial charge in [0, 0.05) is 18.3 Å². The fourth-order valence-electron chi connectivity index (χ4n) is 1.15. The Hall–Kier alpha value is -1.38. The van der Waals surface area contributed by atoms with Gasteiger partial charge in [-0.1, -0.05) is 0 Å². The van der Waals surface area contributed by atoms with Crippen LogP contribution in [0.15, 0.2) is 24.7 Å². The number of aromatic nitrogens is 2. The summed E-state index contributed by atoms with van der Waals surface area (Å²) < 4.78 is 39.6. The molecular weight excluding hydrogens is 346 g/mol. The van der Waals surface area contributed by atoms with Gasteiger partial charge in [-0.15, -0.1) is 0 Å². The summed E-state index contributed by atoms with van der Waals surface area (Å²) in [6, 6.07) is 1.22. The Kier molecular flexibility index (Phi) is 3.46. The lowest BCUT2D eigenvalue weighted by atomic mass is 10.3. The molecule has 17 heavy (non-hydrogen) atoms. The molecule has 0 amide bonds. The van der Waals surface area contributed by atoms with E-state index in [-0.39, 0.29) is 5.69 Å². The Morgan fingerprint density at radius 1 is 1.06 bits per heavy atom. The van der Waals surface area contributed by atoms with Crippen molar-refractivity contribution in [3.8, 4) is 0 Å². The molecule has 0 radical (unpaired) electrons. The average molecular weight is 351 g/mol. The molecule has 0 atom stereocenters. The lowest BCUT2D eigenvalue weighted by Crippen LogP contribution is -2.00. The highest BCUT2D eigenvalue weighted by molar-refractivity contribution is 14.1. The summed E-state index contributed by atoms with van der Waals surface area (Å²) in [5.41, 5.74) is -0.180. The molecule has 2 aromatic rings. The molecule has 1 aromatic carbocycles. The molecule has 0 bridgehead atoms. The predicted octanol–water partition coefficient (Wildman–Crippen LogP) is 3.24. The lowest BCUT2D eigenvalue weighted by molar-refractivity contribution is 0.496. The van der Waals surface area contributed by atoms with E-state index < -0.39 is 17.5 Å². The van der Waals surface area contributed by atoms with Crippen LogP contribution in [0.1, 0.15) is 0 Å². The van der Waals surface area contributed by atoms with Crippen LogP contribution in [0.25, 0.3) is 0 Å². The number of anilines is 2. The van der Waals surface area contributed by atoms with Crippen LogP contribution < -0.4 is 5.32 Å². The SMILES string of the molecule is Fc1cc(F)c(Nc2ncncc2I)cc1F. The molecule has 0 fully saturated rings. The smallest absolute Gasteiger partial charge is 0.161 e. The molecule has 0 aliphatic rings. The predicted molar refractivity (Wildman–Crippen MR) is 64.3 cm³/mol. The van der Waals surface area contributed by atoms with E-state index in [1.54, 1.807) is 0 Å². The molecule has 3 nitrogen and oxygen atoms in total. The summed E-state index contributed by atoms with van der Waals surface area (Å²) in [4.78, 5) is 7.61. The van der Waals surface area contributed by atoms with E-state index in [0.29, 0.717) is 15.5 Å². The minimum absolute atomic E-state index is 0.180. The first-order valence-corrected chi connectivity index (χ1v) is 5.53. The van der Waals surface area contributed by atoms with E-state index >= 15 is 0 Å². The molecule has 2 rings (SSSR count). The molecule has 7 heteroatoms. The van der Waals surface area contributed by atoms with Crippen LogP contribution in [-0.2, 0) is 0 Å². The van der Waals surface area contributed by atoms with Gasteiger partial charge in [0.25, 0.3) is 0 Å². The number of nitrogens with zero attached hydrogens (tertiary/aromatic N) is 2. The van der Waals surface area contributed by atoms with E-state index in [1.807, 2.05) is 22.6 Å². The molecular formula is C10H5F3IN3. The van der Waals surface area contributed by atoms with Crippen molar-refractivity contribution in [2.45, 2.75) is 0 Å². The third-order valence-corrected chi connectivity index (χ3v) is 2.72. The molecule has 0 aliphatic carbocycles. The fraction of sp³-hybridized carbons (Fsp3) is 0. The standard InChI is InChI=1S/C10H5F3IN3/c11-5-1-7(13)9(2-6(5)12)17-10-8(14)3-15-4-16-10/h1-4H,(H,15,16,17). The second kappa shape index (κ2) is 4.86. The Bertz CT molecular complexity index is 562. The van der Waals surface area contributed by atoms with Gasteiger partial charge in [0.05, 0.1) is 9.26 Å². The molecule has 0 saturated carbocycles. The zero-order valence-corrected chi connectivity index (χ0v) is 10.4. The minimum Gasteiger partial charge on any atom is -0.337 e. The van der Waals surface area contributed by atoms with Gasteiger partial charge in [0.15, 0.2) is 11.6 Å². The first kappa shape index (κ1) is 12.1. The van der Waals surface area contributed by atoms with Crippen molar-refractivity contribution in [3.05, 3.63) is 45.7 Å². The van der Waals surface area contributed by atoms with Gasteiger partial charge in [-0.3, -0.25) is 0 Å². The average Bonchev–Trinajstić information content (AvgIpc) is 2.29. The second-order valence-electron chi connectivity index (χ2n) is 3.09. The number of hydrogen-bond donors (Lipinski definition) is 1. The van der Waals surface area contributed by atoms with Gasteiger partial charge < -0.3 is 5.32 Å². The van der Waals surface area contributed by atoms with Crippen LogP contribution >= 0.6 is 22.6 Å². The monoisotopic (exact) mass is 351 g/mol. The van der Waals surface area contributed by atoms with Crippen molar-refractivity contribution in [2.24, 2.45) is 0 Å². The Morgan fingerprint density at radius 2 is 1.76 bits per heavy atom. The molecule has 0 saturated heterocycles. The zero-order chi connectivity index (χ0) is 12.4. The van der Waals surface area contributed by atoms with Crippen LogP contribution in [0.2, 0.25) is 0 Å². The molecule has 0 aliphatic heterocycles. The summed E-state index contributed by atoms with van der Waals surface area (Å²) >= 11 is 1.94. The highest BCUT2D eigenvalue weighted by Crippen LogP contribution is 2.23. The maximum Gasteiger partial charge on any atom is 0.161 e. The van der Waals surface area contributed by atoms with Crippen molar-refractivity contribution in [1.29, 1.82) is 0 Å². The molecule has 1 heterocycles. The van der Waals surface area contributed by atoms with E-state index in [4.69, 9.17) is 0 Å². The number of rotatable bonds is 2. The first-order chi connectivity index (χ1) is 8.08. The topological polar surface area (TPSA) is 37.8 Å². The number of hydrogen-bond acceptors (Lipinski definition) is 3. The maximum absolute atomic E-state index is 13.3. The summed E-state index contributed by atoms with van der Waals surface area (Å²) in [5, 5.41) is 2.57. The van der Waals surface area contributed by atoms with Gasteiger partial charge in [-0.25, -0.2) is 23.1 Å². The van der Waals surface area contributed by atoms with E-state index in [1.165, 1.54) is 12.5 Å². The summed E-state index contributed by atoms with van der Waals surface area (Å²) in [6.07, 6.45) is 2.77. The van der Waals surface area contributed by atoms with Gasteiger partial charge >= 0.3 is 0 Å². The van der Waals surface area contributed by atoms with Crippen molar-refractivity contribution in [2.75, 3.05) is 5.32 Å². The first-order valence-electron chi connectivity index (χ1n) is 4.45. The number of halogens is 4. The van der Waals surface area contributed by atoms with E-state index in [9.17, 15) is 13.2 Å². The quantitative estimate of drug-likeness (QED) is 0.667. The third-order valence-electron chi connectivity index (χ3n) is 1.93. The normalized spacial score (nSPS) is 10.4. The summed E-state index contributed by atoms with van der Waals surface area (Å²) in [7, 11) is 0. The summed E-state index contributed by atoms with van der Waals surface area (Å²) in [5.74, 6) is -2.92. The molecule has 0 spiro atoms. The highest BCUT2D eigenvalue weighted by atomic mass is 127. The van der Waals surface area contributed by atoms with Crippen molar-refractivity contribution >= 4 is 34.1 Å². The highest BCUT2D eigenvalue weighted by Gasteiger charge is 2.11. The second-order valence-corrected chi connectivity index (χ2v) is 4.25. The van der Waals surface area contributed by atoms with Crippen molar-refractivity contribution in [3.63, 3.8) is 0 Å². The number of benzene rings is 1. The Morgan fingerprint density at radius 3 is 2.47 bits per heavy atom. The van der Waals surface area contributed by atoms with E-state index in [2.05, 4.69) is 15.3 Å². The van der Waals surface area contributed by atoms with Gasteiger partial charge in [-0.05, 0) is 22.6 Å². The fourth-order valence-corrected chi connectivity index (χ4v) is 1.59. The van der Waals surface area contributed by atoms with Crippen LogP contribution in [0, 0.1) is 21.0 Å². The molecule has 1 aromatic heterocycles. The van der Waals surface area contributed by atoms with Crippen molar-refractivity contribution in [1.82, 2.24) is 9.97 Å². The minimum atomic E-state index is -1.23. The lowest BCUT2D eigenvalue weighted by Gasteiger charge is -2.08. The largest absolute Gasteiger partial charge is 0.337 e. The van der Waals surface area contributed by atoms with Crippen molar-refractivity contribution < 1.29 is 13.2 Å². The molecule has 0 unspecified atom stereocenters. The van der Waals surface area contributed by atoms with Gasteiger partial charge in [-0.2, -0.15) is 0 Å². The third kappa shape index (κ3) is 2.65. The van der Waals surface area contributed by atoms with Crippen LogP contribution in [-0.4, -0.2) is 9.97 Å². The number of nitrogens with one attached hydrogen (secondary N) is 1. The zero-order valence-electron chi connectivity index (χ0n) is 8.22. The summed E-state index contributed by atoms with van der Waals surface area (Å²) in [6.45, 7) is 0. The van der Waals surface area contributed by atoms with Crippen LogP contribution in [0.4, 0.5) is 24.7 Å². The molecule has 1 N–H and O–H groups in total. The van der Waals surface area contributed by atoms with Crippen LogP contribution in [0.3, 0.4) is 0 Å².